The van der Waals surface area contributed by atoms with E-state index in [0.717, 1.165) is 0 Å². The van der Waals surface area contributed by atoms with Crippen molar-refractivity contribution in [1.82, 2.24) is 0 Å². The molecule has 0 rings (SSSR count). The zero-order valence-corrected chi connectivity index (χ0v) is 8.79. The van der Waals surface area contributed by atoms with E-state index in [2.05, 4.69) is 17.4 Å². The van der Waals surface area contributed by atoms with Crippen molar-refractivity contribution in [2.24, 2.45) is 0 Å². The summed E-state index contributed by atoms with van der Waals surface area (Å²) in [6.45, 7) is 2.77. The molecule has 6 heteroatoms. The van der Waals surface area contributed by atoms with E-state index in [1.165, 1.54) is 0 Å². The predicted molar refractivity (Wildman–Crippen MR) is 49.9 cm³/mol. The highest BCUT2D eigenvalue weighted by Gasteiger charge is 2.15. The maximum absolute atomic E-state index is 11.0. The molecule has 5 nitrogen and oxygen atoms in total. The number of rotatable bonds is 7. The lowest BCUT2D eigenvalue weighted by Crippen LogP contribution is -2.30. The number of thiol groups is 1. The molecule has 1 atom stereocenters. The van der Waals surface area contributed by atoms with Crippen LogP contribution in [0, 0.1) is 0 Å². The van der Waals surface area contributed by atoms with Gasteiger partial charge in [0.1, 0.15) is 11.9 Å². The van der Waals surface area contributed by atoms with Crippen molar-refractivity contribution >= 4 is 24.6 Å². The second-order valence-corrected chi connectivity index (χ2v) is 3.08. The molecule has 0 bridgehead atoms. The van der Waals surface area contributed by atoms with Gasteiger partial charge in [0.2, 0.25) is 0 Å². The van der Waals surface area contributed by atoms with Crippen LogP contribution in [0.1, 0.15) is 13.3 Å². The molecule has 0 aromatic carbocycles. The van der Waals surface area contributed by atoms with Gasteiger partial charge in [-0.15, -0.1) is 0 Å². The summed E-state index contributed by atoms with van der Waals surface area (Å²) in [6, 6.07) is 0. The molecule has 0 radical (unpaired) electrons. The number of ether oxygens (including phenoxy) is 2. The average molecular weight is 221 g/mol. The molecule has 82 valence electrons. The fourth-order valence-electron chi connectivity index (χ4n) is 0.683. The predicted octanol–water partition coefficient (Wildman–Crippen LogP) is -0.996. The monoisotopic (exact) mass is 221 g/mol. The van der Waals surface area contributed by atoms with Gasteiger partial charge in [0.15, 0.2) is 0 Å². The van der Waals surface area contributed by atoms with Crippen LogP contribution in [0.4, 0.5) is 0 Å². The van der Waals surface area contributed by atoms with Crippen molar-refractivity contribution < 1.29 is 24.2 Å². The van der Waals surface area contributed by atoms with Crippen molar-refractivity contribution in [3.63, 3.8) is 0 Å². The molecule has 0 aromatic heterocycles. The maximum Gasteiger partial charge on any atom is 0.319 e. The Balaban J connectivity index is 3.57. The zero-order valence-electron chi connectivity index (χ0n) is 7.89. The third-order valence-corrected chi connectivity index (χ3v) is 1.70. The largest absolute Gasteiger partial charge is 0.550 e. The van der Waals surface area contributed by atoms with Crippen LogP contribution in [0.3, 0.4) is 0 Å². The van der Waals surface area contributed by atoms with Crippen molar-refractivity contribution in [3.8, 4) is 0 Å². The van der Waals surface area contributed by atoms with Gasteiger partial charge in [-0.1, -0.05) is 0 Å². The molecule has 0 saturated heterocycles. The van der Waals surface area contributed by atoms with Crippen molar-refractivity contribution in [3.05, 3.63) is 0 Å². The summed E-state index contributed by atoms with van der Waals surface area (Å²) in [4.78, 5) is 21.1. The third-order valence-electron chi connectivity index (χ3n) is 1.31. The number of esters is 1. The van der Waals surface area contributed by atoms with Crippen molar-refractivity contribution in [1.29, 1.82) is 0 Å². The highest BCUT2D eigenvalue weighted by Crippen LogP contribution is 2.02. The maximum atomic E-state index is 11.0. The van der Waals surface area contributed by atoms with Crippen LogP contribution in [0.15, 0.2) is 0 Å². The molecule has 0 aliphatic carbocycles. The van der Waals surface area contributed by atoms with Gasteiger partial charge < -0.3 is 19.4 Å². The molecule has 1 unspecified atom stereocenters. The van der Waals surface area contributed by atoms with Gasteiger partial charge in [0, 0.05) is 19.0 Å². The Morgan fingerprint density at radius 2 is 2.07 bits per heavy atom. The van der Waals surface area contributed by atoms with Crippen LogP contribution >= 0.6 is 12.6 Å². The van der Waals surface area contributed by atoms with Gasteiger partial charge in [-0.25, -0.2) is 0 Å². The summed E-state index contributed by atoms with van der Waals surface area (Å²) in [7, 11) is 0. The Morgan fingerprint density at radius 3 is 2.57 bits per heavy atom. The lowest BCUT2D eigenvalue weighted by molar-refractivity contribution is -0.305. The molecule has 0 saturated carbocycles. The fourth-order valence-corrected chi connectivity index (χ4v) is 0.907. The second-order valence-electron chi connectivity index (χ2n) is 2.46. The Labute approximate surface area is 87.8 Å². The first-order valence-corrected chi connectivity index (χ1v) is 4.71. The van der Waals surface area contributed by atoms with E-state index >= 15 is 0 Å². The Morgan fingerprint density at radius 1 is 1.43 bits per heavy atom. The van der Waals surface area contributed by atoms with E-state index in [0.29, 0.717) is 13.2 Å². The summed E-state index contributed by atoms with van der Waals surface area (Å²) < 4.78 is 9.59. The van der Waals surface area contributed by atoms with E-state index in [-0.39, 0.29) is 6.61 Å². The quantitative estimate of drug-likeness (QED) is 0.339. The highest BCUT2D eigenvalue weighted by atomic mass is 32.1. The summed E-state index contributed by atoms with van der Waals surface area (Å²) in [5.74, 6) is -2.00. The number of carboxylic acid groups (broad SMARTS) is 1. The number of carboxylic acids is 1. The molecule has 0 heterocycles. The number of carbonyl (C=O) groups excluding carboxylic acids is 2. The molecule has 0 fully saturated rings. The fraction of sp³-hybridized carbons (Fsp3) is 0.750. The standard InChI is InChI=1S/C8H14O5S/c1-2-12-3-4-13-8(11)6(14)5-7(9)10/h6,14H,2-5H2,1H3,(H,9,10)/p-1. The van der Waals surface area contributed by atoms with E-state index in [4.69, 9.17) is 4.74 Å². The third kappa shape index (κ3) is 6.73. The van der Waals surface area contributed by atoms with E-state index in [1.807, 2.05) is 6.92 Å². The van der Waals surface area contributed by atoms with Gasteiger partial charge in [0.25, 0.3) is 0 Å². The van der Waals surface area contributed by atoms with Gasteiger partial charge in [-0.3, -0.25) is 4.79 Å². The smallest absolute Gasteiger partial charge is 0.319 e. The van der Waals surface area contributed by atoms with Crippen LogP contribution in [-0.2, 0) is 19.1 Å². The first-order valence-electron chi connectivity index (χ1n) is 4.20. The first-order chi connectivity index (χ1) is 6.57. The molecule has 0 aliphatic heterocycles. The number of hydrogen-bond acceptors (Lipinski definition) is 6. The van der Waals surface area contributed by atoms with Gasteiger partial charge >= 0.3 is 5.97 Å². The number of carbonyl (C=O) groups is 2. The van der Waals surface area contributed by atoms with Crippen molar-refractivity contribution in [2.75, 3.05) is 19.8 Å². The molecule has 0 aromatic rings. The summed E-state index contributed by atoms with van der Waals surface area (Å²) in [6.07, 6.45) is -0.448. The zero-order chi connectivity index (χ0) is 11.0. The van der Waals surface area contributed by atoms with Crippen LogP contribution in [0.2, 0.25) is 0 Å². The second kappa shape index (κ2) is 7.64. The first kappa shape index (κ1) is 13.2. The molecule has 14 heavy (non-hydrogen) atoms. The topological polar surface area (TPSA) is 75.7 Å². The number of aliphatic carboxylic acids is 1. The van der Waals surface area contributed by atoms with Crippen LogP contribution in [-0.4, -0.2) is 37.0 Å². The molecule has 0 amide bonds. The minimum absolute atomic E-state index is 0.108. The minimum atomic E-state index is -1.33. The van der Waals surface area contributed by atoms with Crippen LogP contribution < -0.4 is 5.11 Å². The average Bonchev–Trinajstić information content (AvgIpc) is 2.11. The Bertz CT molecular complexity index is 194. The van der Waals surface area contributed by atoms with Gasteiger partial charge in [-0.05, 0) is 6.92 Å². The lowest BCUT2D eigenvalue weighted by atomic mass is 10.3. The summed E-state index contributed by atoms with van der Waals surface area (Å²) in [5.41, 5.74) is 0. The molecular formula is C8H13O5S-. The normalized spacial score (nSPS) is 12.1. The lowest BCUT2D eigenvalue weighted by Gasteiger charge is -2.10. The van der Waals surface area contributed by atoms with E-state index in [9.17, 15) is 14.7 Å². The SMILES string of the molecule is CCOCCOC(=O)C(S)CC(=O)[O-]. The van der Waals surface area contributed by atoms with Crippen LogP contribution in [0.5, 0.6) is 0 Å². The number of hydrogen-bond donors (Lipinski definition) is 1. The summed E-state index contributed by atoms with van der Waals surface area (Å²) in [5, 5.41) is 9.13. The van der Waals surface area contributed by atoms with Gasteiger partial charge in [-0.2, -0.15) is 12.6 Å². The van der Waals surface area contributed by atoms with E-state index in [1.54, 1.807) is 0 Å². The molecule has 0 spiro atoms. The minimum Gasteiger partial charge on any atom is -0.550 e. The molecule has 0 N–H and O–H groups in total. The van der Waals surface area contributed by atoms with Crippen LogP contribution in [0.25, 0.3) is 0 Å². The Kier molecular flexibility index (Phi) is 7.23. The summed E-state index contributed by atoms with van der Waals surface area (Å²) >= 11 is 3.75. The molecular weight excluding hydrogens is 208 g/mol. The van der Waals surface area contributed by atoms with E-state index < -0.39 is 23.6 Å². The molecule has 0 aliphatic rings. The van der Waals surface area contributed by atoms with Crippen molar-refractivity contribution in [2.45, 2.75) is 18.6 Å². The highest BCUT2D eigenvalue weighted by molar-refractivity contribution is 7.81. The Hall–Kier alpha value is -0.750. The van der Waals surface area contributed by atoms with Gasteiger partial charge in [0.05, 0.1) is 6.61 Å².